The van der Waals surface area contributed by atoms with Crippen LogP contribution in [-0.4, -0.2) is 30.8 Å². The van der Waals surface area contributed by atoms with Crippen LogP contribution in [0, 0.1) is 56.2 Å². The highest BCUT2D eigenvalue weighted by atomic mass is 16.5. The molecule has 0 bridgehead atoms. The first-order valence-electron chi connectivity index (χ1n) is 16.4. The van der Waals surface area contributed by atoms with E-state index >= 15 is 0 Å². The maximum absolute atomic E-state index is 14.2. The Balaban J connectivity index is 1.70. The summed E-state index contributed by atoms with van der Waals surface area (Å²) in [6.45, 7) is 18.9. The zero-order valence-corrected chi connectivity index (χ0v) is 27.5. The lowest BCUT2D eigenvalue weighted by atomic mass is 9.39. The highest BCUT2D eigenvalue weighted by Crippen LogP contribution is 2.69. The molecule has 1 N–H and O–H groups in total. The first-order valence-corrected chi connectivity index (χ1v) is 16.4. The van der Waals surface area contributed by atoms with Gasteiger partial charge in [-0.15, -0.1) is 0 Å². The molecule has 0 aliphatic heterocycles. The summed E-state index contributed by atoms with van der Waals surface area (Å²) in [6, 6.07) is 2.18. The number of rotatable bonds is 5. The molecule has 6 heteroatoms. The Morgan fingerprint density at radius 3 is 2.38 bits per heavy atom. The molecule has 1 unspecified atom stereocenters. The summed E-state index contributed by atoms with van der Waals surface area (Å²) < 4.78 is 5.41. The van der Waals surface area contributed by atoms with Gasteiger partial charge in [0, 0.05) is 23.8 Å². The van der Waals surface area contributed by atoms with E-state index in [0.29, 0.717) is 13.2 Å². The molecule has 4 aliphatic carbocycles. The van der Waals surface area contributed by atoms with Crippen molar-refractivity contribution < 1.29 is 19.1 Å². The molecule has 2 saturated carbocycles. The maximum atomic E-state index is 14.2. The summed E-state index contributed by atoms with van der Waals surface area (Å²) in [6.07, 6.45) is 13.3. The third-order valence-corrected chi connectivity index (χ3v) is 12.6. The minimum Gasteiger partial charge on any atom is -0.450 e. The van der Waals surface area contributed by atoms with Crippen molar-refractivity contribution in [2.75, 3.05) is 13.2 Å². The zero-order chi connectivity index (χ0) is 31.1. The Morgan fingerprint density at radius 2 is 1.71 bits per heavy atom. The van der Waals surface area contributed by atoms with Crippen molar-refractivity contribution in [2.24, 2.45) is 44.8 Å². The minimum atomic E-state index is -0.483. The summed E-state index contributed by atoms with van der Waals surface area (Å²) in [4.78, 5) is 39.1. The lowest BCUT2D eigenvalue weighted by Crippen LogP contribution is -2.58. The Kier molecular flexibility index (Phi) is 8.96. The van der Waals surface area contributed by atoms with E-state index in [4.69, 9.17) is 4.74 Å². The molecule has 4 rings (SSSR count). The van der Waals surface area contributed by atoms with Gasteiger partial charge in [-0.05, 0) is 105 Å². The lowest BCUT2D eigenvalue weighted by Gasteiger charge is -2.64. The Hall–Kier alpha value is -2.42. The normalized spacial score (nSPS) is 39.8. The van der Waals surface area contributed by atoms with Crippen LogP contribution < -0.4 is 5.32 Å². The number of allylic oxidation sites excluding steroid dienone is 4. The van der Waals surface area contributed by atoms with Crippen molar-refractivity contribution in [3.63, 3.8) is 0 Å². The first kappa shape index (κ1) is 32.5. The Morgan fingerprint density at radius 1 is 1.02 bits per heavy atom. The molecule has 1 amide bonds. The molecule has 0 saturated heterocycles. The summed E-state index contributed by atoms with van der Waals surface area (Å²) in [5, 5.41) is 12.6. The van der Waals surface area contributed by atoms with Crippen LogP contribution in [0.4, 0.5) is 4.79 Å². The predicted octanol–water partition coefficient (Wildman–Crippen LogP) is 8.12. The van der Waals surface area contributed by atoms with Gasteiger partial charge in [-0.2, -0.15) is 5.26 Å². The number of Topliss-reactive ketones (excluding diaryl/α,β-unsaturated/α-hetero) is 1. The predicted molar refractivity (Wildman–Crippen MR) is 165 cm³/mol. The molecule has 0 heterocycles. The second kappa shape index (κ2) is 11.6. The minimum absolute atomic E-state index is 0.0452. The Labute approximate surface area is 254 Å². The molecule has 4 aliphatic rings. The van der Waals surface area contributed by atoms with E-state index in [-0.39, 0.29) is 62.6 Å². The molecule has 2 fully saturated rings. The molecule has 0 aromatic heterocycles. The van der Waals surface area contributed by atoms with Crippen molar-refractivity contribution >= 4 is 17.7 Å². The second-order valence-corrected chi connectivity index (χ2v) is 15.8. The number of nitrogens with one attached hydrogen (secondary N) is 1. The zero-order valence-electron chi connectivity index (χ0n) is 27.5. The summed E-state index contributed by atoms with van der Waals surface area (Å²) in [7, 11) is 0. The molecule has 0 aromatic carbocycles. The van der Waals surface area contributed by atoms with Gasteiger partial charge in [-0.1, -0.05) is 60.1 Å². The van der Waals surface area contributed by atoms with Gasteiger partial charge in [0.25, 0.3) is 0 Å². The number of ether oxygens (including phenoxy) is 1. The van der Waals surface area contributed by atoms with Crippen molar-refractivity contribution in [1.29, 1.82) is 5.26 Å². The van der Waals surface area contributed by atoms with Crippen LogP contribution in [0.5, 0.6) is 0 Å². The largest absolute Gasteiger partial charge is 0.450 e. The molecule has 7 atom stereocenters. The summed E-state index contributed by atoms with van der Waals surface area (Å²) in [5.41, 5.74) is 0.684. The Bertz CT molecular complexity index is 1210. The summed E-state index contributed by atoms with van der Waals surface area (Å²) >= 11 is 0. The molecular weight excluding hydrogens is 524 g/mol. The lowest BCUT2D eigenvalue weighted by molar-refractivity contribution is -0.135. The van der Waals surface area contributed by atoms with Crippen LogP contribution in [0.3, 0.4) is 0 Å². The number of nitriles is 1. The van der Waals surface area contributed by atoms with Gasteiger partial charge >= 0.3 is 6.09 Å². The average Bonchev–Trinajstić information content (AvgIpc) is 2.92. The van der Waals surface area contributed by atoms with E-state index in [1.165, 1.54) is 0 Å². The molecule has 0 radical (unpaired) electrons. The molecule has 0 spiro atoms. The van der Waals surface area contributed by atoms with Gasteiger partial charge in [0.05, 0.1) is 12.2 Å². The van der Waals surface area contributed by atoms with Gasteiger partial charge < -0.3 is 10.1 Å². The van der Waals surface area contributed by atoms with E-state index in [1.807, 2.05) is 26.0 Å². The van der Waals surface area contributed by atoms with Crippen LogP contribution in [0.15, 0.2) is 23.3 Å². The fourth-order valence-electron chi connectivity index (χ4n) is 9.37. The van der Waals surface area contributed by atoms with Gasteiger partial charge in [0.1, 0.15) is 6.07 Å². The monoisotopic (exact) mass is 578 g/mol. The van der Waals surface area contributed by atoms with Gasteiger partial charge in [0.2, 0.25) is 0 Å². The smallest absolute Gasteiger partial charge is 0.407 e. The van der Waals surface area contributed by atoms with Gasteiger partial charge in [0.15, 0.2) is 11.6 Å². The van der Waals surface area contributed by atoms with Gasteiger partial charge in [-0.3, -0.25) is 9.59 Å². The third-order valence-electron chi connectivity index (χ3n) is 12.6. The van der Waals surface area contributed by atoms with E-state index in [2.05, 4.69) is 52.9 Å². The van der Waals surface area contributed by atoms with Crippen LogP contribution in [-0.2, 0) is 14.3 Å². The van der Waals surface area contributed by atoms with Crippen molar-refractivity contribution in [1.82, 2.24) is 5.32 Å². The number of amides is 1. The quantitative estimate of drug-likeness (QED) is 0.332. The first-order chi connectivity index (χ1) is 19.6. The molecule has 6 nitrogen and oxygen atoms in total. The van der Waals surface area contributed by atoms with Crippen LogP contribution in [0.25, 0.3) is 0 Å². The van der Waals surface area contributed by atoms with Crippen LogP contribution in [0.2, 0.25) is 0 Å². The average molecular weight is 579 g/mol. The number of fused-ring (bicyclic) bond motifs is 5. The third kappa shape index (κ3) is 5.62. The van der Waals surface area contributed by atoms with E-state index in [1.54, 1.807) is 0 Å². The number of ketones is 2. The number of carbonyl (C=O) groups excluding carboxylic acids is 3. The highest BCUT2D eigenvalue weighted by molar-refractivity contribution is 6.02. The highest BCUT2D eigenvalue weighted by Gasteiger charge is 2.63. The molecular formula is C36H54N2O4. The topological polar surface area (TPSA) is 96.3 Å². The number of nitrogens with zero attached hydrogens (tertiary/aromatic N) is 1. The number of hydrogen-bond donors (Lipinski definition) is 1. The standard InChI is InChI=1S/C36H54N2O4/c1-9-38-31(41)42-20-10-13-33(5)17-16-32(3,4)14-11-27-28(39)21-29-34(6)22-25(23-37)30(40)24(2)26(34)12-15-36(29,8)35(27,7)19-18-33/h21-22,24,26-27H,9-20H2,1-8H3,(H,38,41)/t24-,26-,27?,33-,34-,35+,36+/m0/s1. The fourth-order valence-corrected chi connectivity index (χ4v) is 9.37. The SMILES string of the molecule is CCNC(=O)OCCC[C@@]1(C)CCC(C)(C)CCC2C(=O)C=C3[C@@]4(C)C=C(C#N)C(=O)[C@@H](C)[C@@H]4CC[C@@]3(C)[C@]2(C)CC1. The van der Waals surface area contributed by atoms with Crippen molar-refractivity contribution in [3.05, 3.63) is 23.3 Å². The molecule has 232 valence electrons. The molecule has 42 heavy (non-hydrogen) atoms. The number of hydrogen-bond acceptors (Lipinski definition) is 5. The fraction of sp³-hybridized carbons (Fsp3) is 0.778. The number of alkyl carbamates (subject to hydrolysis) is 1. The van der Waals surface area contributed by atoms with E-state index in [0.717, 1.165) is 69.8 Å². The summed E-state index contributed by atoms with van der Waals surface area (Å²) in [5.74, 6) is 0.00893. The van der Waals surface area contributed by atoms with Crippen molar-refractivity contribution in [2.45, 2.75) is 120 Å². The number of carbonyl (C=O) groups is 3. The van der Waals surface area contributed by atoms with Crippen LogP contribution >= 0.6 is 0 Å². The molecule has 0 aromatic rings. The van der Waals surface area contributed by atoms with E-state index in [9.17, 15) is 19.6 Å². The van der Waals surface area contributed by atoms with Crippen LogP contribution in [0.1, 0.15) is 120 Å². The van der Waals surface area contributed by atoms with Gasteiger partial charge in [-0.25, -0.2) is 4.79 Å². The second-order valence-electron chi connectivity index (χ2n) is 15.8. The maximum Gasteiger partial charge on any atom is 0.407 e. The van der Waals surface area contributed by atoms with Crippen molar-refractivity contribution in [3.8, 4) is 6.07 Å². The van der Waals surface area contributed by atoms with E-state index < -0.39 is 5.41 Å².